The maximum atomic E-state index is 12.7. The third-order valence-electron chi connectivity index (χ3n) is 4.86. The fourth-order valence-electron chi connectivity index (χ4n) is 3.61. The van der Waals surface area contributed by atoms with E-state index in [1.54, 1.807) is 0 Å². The Balaban J connectivity index is 1.47. The Labute approximate surface area is 139 Å². The molecule has 0 saturated carbocycles. The summed E-state index contributed by atoms with van der Waals surface area (Å²) >= 11 is 0. The highest BCUT2D eigenvalue weighted by Crippen LogP contribution is 2.32. The summed E-state index contributed by atoms with van der Waals surface area (Å²) in [6, 6.07) is 8.19. The Kier molecular flexibility index (Phi) is 3.80. The number of fused-ring (bicyclic) bond motifs is 1. The Morgan fingerprint density at radius 3 is 3.08 bits per heavy atom. The van der Waals surface area contributed by atoms with E-state index < -0.39 is 0 Å². The van der Waals surface area contributed by atoms with Gasteiger partial charge >= 0.3 is 0 Å². The third kappa shape index (κ3) is 2.58. The van der Waals surface area contributed by atoms with Crippen LogP contribution in [0.15, 0.2) is 35.1 Å². The number of H-pyrrole nitrogens is 1. The second kappa shape index (κ2) is 6.11. The van der Waals surface area contributed by atoms with Gasteiger partial charge in [-0.1, -0.05) is 28.5 Å². The molecular weight excluding hydrogens is 304 g/mol. The van der Waals surface area contributed by atoms with Crippen molar-refractivity contribution >= 4 is 16.8 Å². The van der Waals surface area contributed by atoms with Crippen LogP contribution in [0, 0.1) is 6.92 Å². The lowest BCUT2D eigenvalue weighted by Gasteiger charge is -2.23. The predicted molar refractivity (Wildman–Crippen MR) is 89.3 cm³/mol. The maximum absolute atomic E-state index is 12.7. The van der Waals surface area contributed by atoms with Crippen LogP contribution in [0.1, 0.15) is 42.3 Å². The summed E-state index contributed by atoms with van der Waals surface area (Å²) in [7, 11) is 0. The Bertz CT molecular complexity index is 867. The molecule has 0 aliphatic carbocycles. The van der Waals surface area contributed by atoms with Crippen LogP contribution in [-0.4, -0.2) is 32.6 Å². The van der Waals surface area contributed by atoms with E-state index in [2.05, 4.69) is 27.4 Å². The molecule has 0 bridgehead atoms. The smallest absolute Gasteiger partial charge is 0.223 e. The Morgan fingerprint density at radius 1 is 1.38 bits per heavy atom. The van der Waals surface area contributed by atoms with Crippen molar-refractivity contribution in [3.63, 3.8) is 0 Å². The number of aromatic nitrogens is 3. The monoisotopic (exact) mass is 324 g/mol. The fraction of sp³-hybridized carbons (Fsp3) is 0.389. The molecule has 1 aromatic carbocycles. The predicted octanol–water partition coefficient (Wildman–Crippen LogP) is 3.16. The molecule has 124 valence electrons. The number of aromatic amines is 1. The number of hydrogen-bond acceptors (Lipinski definition) is 4. The SMILES string of the molecule is Cc1nonc1[C@@H]1CCCN1C(=O)CCc1c[nH]c2ccccc12. The number of nitrogens with zero attached hydrogens (tertiary/aromatic N) is 3. The van der Waals surface area contributed by atoms with Crippen LogP contribution < -0.4 is 0 Å². The first-order chi connectivity index (χ1) is 11.7. The van der Waals surface area contributed by atoms with Crippen LogP contribution >= 0.6 is 0 Å². The van der Waals surface area contributed by atoms with E-state index in [4.69, 9.17) is 4.63 Å². The summed E-state index contributed by atoms with van der Waals surface area (Å²) in [4.78, 5) is 17.9. The molecule has 24 heavy (non-hydrogen) atoms. The van der Waals surface area contributed by atoms with Crippen molar-refractivity contribution in [2.45, 2.75) is 38.6 Å². The van der Waals surface area contributed by atoms with Crippen LogP contribution in [0.25, 0.3) is 10.9 Å². The summed E-state index contributed by atoms with van der Waals surface area (Å²) in [6.45, 7) is 2.66. The second-order valence-electron chi connectivity index (χ2n) is 6.34. The largest absolute Gasteiger partial charge is 0.361 e. The zero-order chi connectivity index (χ0) is 16.5. The van der Waals surface area contributed by atoms with Gasteiger partial charge in [0.2, 0.25) is 5.91 Å². The minimum atomic E-state index is 0.00622. The number of nitrogens with one attached hydrogen (secondary N) is 1. The number of para-hydroxylation sites is 1. The van der Waals surface area contributed by atoms with Gasteiger partial charge in [-0.2, -0.15) is 0 Å². The molecule has 6 heteroatoms. The Morgan fingerprint density at radius 2 is 2.25 bits per heavy atom. The quantitative estimate of drug-likeness (QED) is 0.800. The van der Waals surface area contributed by atoms with Gasteiger partial charge in [-0.25, -0.2) is 4.63 Å². The molecule has 3 aromatic rings. The van der Waals surface area contributed by atoms with Crippen LogP contribution in [0.3, 0.4) is 0 Å². The summed E-state index contributed by atoms with van der Waals surface area (Å²) in [5.41, 5.74) is 3.88. The molecule has 1 atom stereocenters. The molecule has 1 aliphatic heterocycles. The van der Waals surface area contributed by atoms with Crippen molar-refractivity contribution in [3.05, 3.63) is 47.4 Å². The molecule has 1 N–H and O–H groups in total. The molecule has 6 nitrogen and oxygen atoms in total. The van der Waals surface area contributed by atoms with Gasteiger partial charge in [0.1, 0.15) is 11.4 Å². The van der Waals surface area contributed by atoms with Crippen molar-refractivity contribution < 1.29 is 9.42 Å². The van der Waals surface area contributed by atoms with E-state index in [1.807, 2.05) is 30.2 Å². The van der Waals surface area contributed by atoms with Crippen molar-refractivity contribution in [2.75, 3.05) is 6.54 Å². The molecule has 1 fully saturated rings. The molecule has 1 amide bonds. The standard InChI is InChI=1S/C18H20N4O2/c1-12-18(21-24-20-12)16-7-4-10-22(16)17(23)9-8-13-11-19-15-6-3-2-5-14(13)15/h2-3,5-6,11,16,19H,4,7-10H2,1H3/t16-/m0/s1. The first-order valence-corrected chi connectivity index (χ1v) is 8.37. The molecule has 0 radical (unpaired) electrons. The van der Waals surface area contributed by atoms with E-state index in [0.717, 1.165) is 42.7 Å². The first-order valence-electron chi connectivity index (χ1n) is 8.37. The van der Waals surface area contributed by atoms with E-state index >= 15 is 0 Å². The molecule has 0 spiro atoms. The average Bonchev–Trinajstić information content (AvgIpc) is 3.31. The van der Waals surface area contributed by atoms with E-state index in [9.17, 15) is 4.79 Å². The number of hydrogen-bond donors (Lipinski definition) is 1. The Hall–Kier alpha value is -2.63. The van der Waals surface area contributed by atoms with Crippen LogP contribution in [0.2, 0.25) is 0 Å². The number of likely N-dealkylation sites (tertiary alicyclic amines) is 1. The second-order valence-corrected chi connectivity index (χ2v) is 6.34. The summed E-state index contributed by atoms with van der Waals surface area (Å²) < 4.78 is 4.81. The number of aryl methyl sites for hydroxylation is 2. The van der Waals surface area contributed by atoms with Gasteiger partial charge in [-0.15, -0.1) is 0 Å². The molecule has 0 unspecified atom stereocenters. The zero-order valence-electron chi connectivity index (χ0n) is 13.7. The van der Waals surface area contributed by atoms with Crippen LogP contribution in [-0.2, 0) is 11.2 Å². The lowest BCUT2D eigenvalue weighted by atomic mass is 10.1. The molecule has 2 aromatic heterocycles. The third-order valence-corrected chi connectivity index (χ3v) is 4.86. The number of carbonyl (C=O) groups excluding carboxylic acids is 1. The molecule has 4 rings (SSSR count). The number of amides is 1. The van der Waals surface area contributed by atoms with Gasteiger partial charge < -0.3 is 9.88 Å². The van der Waals surface area contributed by atoms with Gasteiger partial charge in [0.25, 0.3) is 0 Å². The topological polar surface area (TPSA) is 75.0 Å². The molecule has 3 heterocycles. The van der Waals surface area contributed by atoms with Gasteiger partial charge in [0.15, 0.2) is 0 Å². The summed E-state index contributed by atoms with van der Waals surface area (Å²) in [5.74, 6) is 0.171. The highest BCUT2D eigenvalue weighted by Gasteiger charge is 2.33. The lowest BCUT2D eigenvalue weighted by molar-refractivity contribution is -0.132. The summed E-state index contributed by atoms with van der Waals surface area (Å²) in [5, 5.41) is 9.04. The minimum absolute atomic E-state index is 0.00622. The van der Waals surface area contributed by atoms with E-state index in [0.29, 0.717) is 6.42 Å². The van der Waals surface area contributed by atoms with Gasteiger partial charge in [0, 0.05) is 30.1 Å². The molecule has 1 saturated heterocycles. The number of carbonyl (C=O) groups is 1. The molecular formula is C18H20N4O2. The zero-order valence-corrected chi connectivity index (χ0v) is 13.7. The normalized spacial score (nSPS) is 17.7. The van der Waals surface area contributed by atoms with E-state index in [1.165, 1.54) is 10.9 Å². The minimum Gasteiger partial charge on any atom is -0.361 e. The average molecular weight is 324 g/mol. The van der Waals surface area contributed by atoms with Gasteiger partial charge in [0.05, 0.1) is 6.04 Å². The van der Waals surface area contributed by atoms with Gasteiger partial charge in [-0.3, -0.25) is 4.79 Å². The summed E-state index contributed by atoms with van der Waals surface area (Å²) in [6.07, 6.45) is 5.17. The van der Waals surface area contributed by atoms with Crippen molar-refractivity contribution in [2.24, 2.45) is 0 Å². The highest BCUT2D eigenvalue weighted by atomic mass is 16.6. The van der Waals surface area contributed by atoms with Crippen molar-refractivity contribution in [1.29, 1.82) is 0 Å². The molecule has 1 aliphatic rings. The highest BCUT2D eigenvalue weighted by molar-refractivity contribution is 5.84. The maximum Gasteiger partial charge on any atom is 0.223 e. The number of rotatable bonds is 4. The van der Waals surface area contributed by atoms with E-state index in [-0.39, 0.29) is 11.9 Å². The number of benzene rings is 1. The van der Waals surface area contributed by atoms with Crippen LogP contribution in [0.4, 0.5) is 0 Å². The van der Waals surface area contributed by atoms with Gasteiger partial charge in [-0.05, 0) is 37.8 Å². The first kappa shape index (κ1) is 14.9. The fourth-order valence-corrected chi connectivity index (χ4v) is 3.61. The van der Waals surface area contributed by atoms with Crippen molar-refractivity contribution in [1.82, 2.24) is 20.2 Å². The van der Waals surface area contributed by atoms with Crippen LogP contribution in [0.5, 0.6) is 0 Å². The van der Waals surface area contributed by atoms with Crippen molar-refractivity contribution in [3.8, 4) is 0 Å². The lowest BCUT2D eigenvalue weighted by Crippen LogP contribution is -2.31.